The van der Waals surface area contributed by atoms with Crippen LogP contribution >= 0.6 is 0 Å². The largest absolute Gasteiger partial charge is 0.259 e. The van der Waals surface area contributed by atoms with Crippen molar-refractivity contribution in [3.8, 4) is 12.3 Å². The second kappa shape index (κ2) is 5.14. The second-order valence-electron chi connectivity index (χ2n) is 2.55. The third kappa shape index (κ3) is 4.29. The Morgan fingerprint density at radius 3 is 2.58 bits per heavy atom. The van der Waals surface area contributed by atoms with Crippen LogP contribution in [0.4, 0.5) is 0 Å². The van der Waals surface area contributed by atoms with Gasteiger partial charge in [0, 0.05) is 0 Å². The molecule has 0 bridgehead atoms. The van der Waals surface area contributed by atoms with Crippen LogP contribution < -0.4 is 0 Å². The number of nitro groups is 1. The first-order valence-corrected chi connectivity index (χ1v) is 3.51. The maximum atomic E-state index is 10.3. The molecular formula is C9H11NO2. The highest BCUT2D eigenvalue weighted by atomic mass is 16.6. The molecule has 0 fully saturated rings. The second-order valence-corrected chi connectivity index (χ2v) is 2.55. The Bertz CT molecular complexity index is 265. The molecule has 0 N–H and O–H groups in total. The molecule has 0 aliphatic rings. The zero-order valence-electron chi connectivity index (χ0n) is 7.20. The molecule has 0 aliphatic heterocycles. The summed E-state index contributed by atoms with van der Waals surface area (Å²) in [5.74, 6) is 2.14. The molecule has 0 atom stereocenters. The summed E-state index contributed by atoms with van der Waals surface area (Å²) in [5, 5.41) is 10.3. The molecule has 0 radical (unpaired) electrons. The number of hydrogen-bond acceptors (Lipinski definition) is 2. The Morgan fingerprint density at radius 2 is 2.25 bits per heavy atom. The summed E-state index contributed by atoms with van der Waals surface area (Å²) in [6, 6.07) is 0. The molecule has 3 nitrogen and oxygen atoms in total. The van der Waals surface area contributed by atoms with Crippen molar-refractivity contribution in [2.75, 3.05) is 0 Å². The van der Waals surface area contributed by atoms with Crippen LogP contribution in [0.25, 0.3) is 0 Å². The monoisotopic (exact) mass is 165 g/mol. The van der Waals surface area contributed by atoms with Crippen molar-refractivity contribution in [2.24, 2.45) is 0 Å². The third-order valence-corrected chi connectivity index (χ3v) is 1.20. The van der Waals surface area contributed by atoms with Gasteiger partial charge in [0.05, 0.1) is 17.4 Å². The Balaban J connectivity index is 4.39. The van der Waals surface area contributed by atoms with Crippen LogP contribution in [-0.4, -0.2) is 4.92 Å². The third-order valence-electron chi connectivity index (χ3n) is 1.20. The van der Waals surface area contributed by atoms with E-state index in [-0.39, 0.29) is 5.70 Å². The molecule has 64 valence electrons. The van der Waals surface area contributed by atoms with E-state index >= 15 is 0 Å². The Morgan fingerprint density at radius 1 is 1.67 bits per heavy atom. The number of allylic oxidation sites excluding steroid dienone is 3. The highest BCUT2D eigenvalue weighted by Gasteiger charge is 2.06. The van der Waals surface area contributed by atoms with Crippen molar-refractivity contribution >= 4 is 0 Å². The summed E-state index contributed by atoms with van der Waals surface area (Å²) in [5.41, 5.74) is 1.10. The zero-order chi connectivity index (χ0) is 9.56. The van der Waals surface area contributed by atoms with E-state index in [1.165, 1.54) is 6.08 Å². The zero-order valence-corrected chi connectivity index (χ0v) is 7.20. The molecule has 0 aromatic rings. The van der Waals surface area contributed by atoms with Gasteiger partial charge in [-0.05, 0) is 13.8 Å². The molecule has 12 heavy (non-hydrogen) atoms. The Kier molecular flexibility index (Phi) is 4.47. The van der Waals surface area contributed by atoms with Crippen molar-refractivity contribution in [1.29, 1.82) is 0 Å². The summed E-state index contributed by atoms with van der Waals surface area (Å²) >= 11 is 0. The summed E-state index contributed by atoms with van der Waals surface area (Å²) in [6.45, 7) is 3.76. The molecular weight excluding hydrogens is 154 g/mol. The van der Waals surface area contributed by atoms with E-state index in [1.807, 2.05) is 13.8 Å². The molecule has 0 aliphatic carbocycles. The van der Waals surface area contributed by atoms with Crippen LogP contribution in [0, 0.1) is 22.5 Å². The fraction of sp³-hybridized carbons (Fsp3) is 0.333. The predicted octanol–water partition coefficient (Wildman–Crippen LogP) is 2.14. The highest BCUT2D eigenvalue weighted by molar-refractivity contribution is 5.15. The minimum absolute atomic E-state index is 0.0544. The van der Waals surface area contributed by atoms with E-state index in [2.05, 4.69) is 5.92 Å². The van der Waals surface area contributed by atoms with Gasteiger partial charge in [-0.15, -0.1) is 6.42 Å². The summed E-state index contributed by atoms with van der Waals surface area (Å²) < 4.78 is 0. The van der Waals surface area contributed by atoms with E-state index in [0.717, 1.165) is 5.57 Å². The maximum absolute atomic E-state index is 10.3. The van der Waals surface area contributed by atoms with Crippen molar-refractivity contribution in [1.82, 2.24) is 0 Å². The van der Waals surface area contributed by atoms with Crippen LogP contribution in [0.3, 0.4) is 0 Å². The van der Waals surface area contributed by atoms with Gasteiger partial charge in [0.2, 0.25) is 0 Å². The average Bonchev–Trinajstić information content (AvgIpc) is 1.96. The molecule has 0 amide bonds. The standard InChI is InChI=1S/C9H11NO2/c1-4-5-9(10(11)12)7-6-8(2)3/h1,5-6H,7H2,2-3H3/b9-5+. The lowest BCUT2D eigenvalue weighted by molar-refractivity contribution is -0.426. The van der Waals surface area contributed by atoms with Crippen LogP contribution in [-0.2, 0) is 0 Å². The van der Waals surface area contributed by atoms with Gasteiger partial charge in [0.15, 0.2) is 0 Å². The molecule has 0 aromatic heterocycles. The van der Waals surface area contributed by atoms with Crippen molar-refractivity contribution in [2.45, 2.75) is 20.3 Å². The lowest BCUT2D eigenvalue weighted by atomic mass is 10.2. The summed E-state index contributed by atoms with van der Waals surface area (Å²) in [6.07, 6.45) is 8.16. The minimum atomic E-state index is -0.459. The number of nitrogens with zero attached hydrogens (tertiary/aromatic N) is 1. The predicted molar refractivity (Wildman–Crippen MR) is 48.0 cm³/mol. The minimum Gasteiger partial charge on any atom is -0.259 e. The quantitative estimate of drug-likeness (QED) is 0.278. The highest BCUT2D eigenvalue weighted by Crippen LogP contribution is 2.04. The average molecular weight is 165 g/mol. The van der Waals surface area contributed by atoms with E-state index in [0.29, 0.717) is 6.42 Å². The SMILES string of the molecule is C#C/C=C(\CC=C(C)C)[N+](=O)[O-]. The Hall–Kier alpha value is -1.56. The molecule has 3 heteroatoms. The van der Waals surface area contributed by atoms with Gasteiger partial charge < -0.3 is 0 Å². The molecule has 0 saturated heterocycles. The molecule has 0 heterocycles. The van der Waals surface area contributed by atoms with Crippen molar-refractivity contribution < 1.29 is 4.92 Å². The van der Waals surface area contributed by atoms with Crippen LogP contribution in [0.1, 0.15) is 20.3 Å². The molecule has 0 spiro atoms. The first kappa shape index (κ1) is 10.4. The first-order valence-electron chi connectivity index (χ1n) is 3.51. The number of rotatable bonds is 3. The van der Waals surface area contributed by atoms with Crippen LogP contribution in [0.2, 0.25) is 0 Å². The molecule has 0 aromatic carbocycles. The summed E-state index contributed by atoms with van der Waals surface area (Å²) in [4.78, 5) is 9.86. The fourth-order valence-corrected chi connectivity index (χ4v) is 0.591. The molecule has 0 unspecified atom stereocenters. The lowest BCUT2D eigenvalue weighted by Gasteiger charge is -1.92. The lowest BCUT2D eigenvalue weighted by Crippen LogP contribution is -1.96. The van der Waals surface area contributed by atoms with E-state index in [1.54, 1.807) is 6.08 Å². The molecule has 0 rings (SSSR count). The van der Waals surface area contributed by atoms with Crippen molar-refractivity contribution in [3.05, 3.63) is 33.5 Å². The fourth-order valence-electron chi connectivity index (χ4n) is 0.591. The smallest absolute Gasteiger partial charge is 0.258 e. The first-order chi connectivity index (χ1) is 5.57. The maximum Gasteiger partial charge on any atom is 0.258 e. The van der Waals surface area contributed by atoms with Gasteiger partial charge in [-0.2, -0.15) is 0 Å². The normalized spacial score (nSPS) is 10.2. The van der Waals surface area contributed by atoms with Gasteiger partial charge in [-0.1, -0.05) is 17.6 Å². The van der Waals surface area contributed by atoms with Crippen LogP contribution in [0.5, 0.6) is 0 Å². The van der Waals surface area contributed by atoms with E-state index in [9.17, 15) is 10.1 Å². The Labute approximate surface area is 71.9 Å². The van der Waals surface area contributed by atoms with Gasteiger partial charge in [-0.3, -0.25) is 10.1 Å². The molecule has 0 saturated carbocycles. The van der Waals surface area contributed by atoms with E-state index in [4.69, 9.17) is 6.42 Å². The van der Waals surface area contributed by atoms with Crippen molar-refractivity contribution in [3.63, 3.8) is 0 Å². The van der Waals surface area contributed by atoms with Gasteiger partial charge >= 0.3 is 0 Å². The van der Waals surface area contributed by atoms with Gasteiger partial charge in [0.25, 0.3) is 5.70 Å². The van der Waals surface area contributed by atoms with Gasteiger partial charge in [0.1, 0.15) is 0 Å². The van der Waals surface area contributed by atoms with E-state index < -0.39 is 4.92 Å². The van der Waals surface area contributed by atoms with Gasteiger partial charge in [-0.25, -0.2) is 0 Å². The number of hydrogen-bond donors (Lipinski definition) is 0. The number of terminal acetylenes is 1. The topological polar surface area (TPSA) is 43.1 Å². The summed E-state index contributed by atoms with van der Waals surface area (Å²) in [7, 11) is 0. The van der Waals surface area contributed by atoms with Crippen LogP contribution in [0.15, 0.2) is 23.4 Å².